The molecule has 0 saturated heterocycles. The van der Waals surface area contributed by atoms with Gasteiger partial charge in [0.05, 0.1) is 18.4 Å². The number of nitrogens with zero attached hydrogens (tertiary/aromatic N) is 4. The van der Waals surface area contributed by atoms with Gasteiger partial charge in [-0.2, -0.15) is 5.10 Å². The molecule has 0 atom stereocenters. The van der Waals surface area contributed by atoms with Crippen molar-refractivity contribution in [2.45, 2.75) is 6.54 Å². The number of carbonyl (C=O) groups excluding carboxylic acids is 1. The second-order valence-corrected chi connectivity index (χ2v) is 5.92. The second kappa shape index (κ2) is 7.39. The van der Waals surface area contributed by atoms with Gasteiger partial charge in [-0.3, -0.25) is 14.5 Å². The quantitative estimate of drug-likeness (QED) is 0.572. The van der Waals surface area contributed by atoms with E-state index in [-0.39, 0.29) is 12.2 Å². The first-order valence-electron chi connectivity index (χ1n) is 8.24. The normalized spacial score (nSPS) is 10.8. The van der Waals surface area contributed by atoms with E-state index in [0.717, 1.165) is 12.1 Å². The van der Waals surface area contributed by atoms with Gasteiger partial charge in [-0.1, -0.05) is 17.3 Å². The van der Waals surface area contributed by atoms with Crippen molar-refractivity contribution in [2.75, 3.05) is 5.32 Å². The molecule has 1 amide bonds. The summed E-state index contributed by atoms with van der Waals surface area (Å²) in [7, 11) is 0. The van der Waals surface area contributed by atoms with Crippen molar-refractivity contribution in [1.29, 1.82) is 0 Å². The number of nitrogens with one attached hydrogen (secondary N) is 1. The van der Waals surface area contributed by atoms with Crippen LogP contribution in [-0.2, 0) is 6.54 Å². The van der Waals surface area contributed by atoms with Crippen LogP contribution in [0, 0.1) is 11.6 Å². The highest BCUT2D eigenvalue weighted by Crippen LogP contribution is 2.18. The number of rotatable bonds is 5. The molecule has 7 nitrogen and oxygen atoms in total. The van der Waals surface area contributed by atoms with Gasteiger partial charge in [-0.05, 0) is 29.8 Å². The predicted octanol–water partition coefficient (Wildman–Crippen LogP) is 3.51. The Bertz CT molecular complexity index is 1120. The lowest BCUT2D eigenvalue weighted by Crippen LogP contribution is -2.11. The Morgan fingerprint density at radius 3 is 2.82 bits per heavy atom. The van der Waals surface area contributed by atoms with Crippen LogP contribution in [0.4, 0.5) is 14.5 Å². The highest BCUT2D eigenvalue weighted by molar-refractivity contribution is 6.03. The Hall–Kier alpha value is -3.88. The molecule has 0 bridgehead atoms. The molecule has 140 valence electrons. The van der Waals surface area contributed by atoms with E-state index in [4.69, 9.17) is 4.52 Å². The number of carbonyl (C=O) groups is 1. The van der Waals surface area contributed by atoms with Crippen molar-refractivity contribution in [3.63, 3.8) is 0 Å². The minimum Gasteiger partial charge on any atom is -0.354 e. The minimum atomic E-state index is -0.923. The fraction of sp³-hybridized carbons (Fsp3) is 0.0526. The Morgan fingerprint density at radius 1 is 1.14 bits per heavy atom. The van der Waals surface area contributed by atoms with E-state index in [0.29, 0.717) is 22.7 Å². The average Bonchev–Trinajstić information content (AvgIpc) is 3.35. The van der Waals surface area contributed by atoms with E-state index in [9.17, 15) is 13.6 Å². The van der Waals surface area contributed by atoms with E-state index >= 15 is 0 Å². The van der Waals surface area contributed by atoms with Gasteiger partial charge >= 0.3 is 0 Å². The molecule has 3 aromatic heterocycles. The molecular weight excluding hydrogens is 368 g/mol. The van der Waals surface area contributed by atoms with Gasteiger partial charge in [0.1, 0.15) is 5.69 Å². The molecular formula is C19H13F2N5O2. The Kier molecular flexibility index (Phi) is 4.63. The third-order valence-corrected chi connectivity index (χ3v) is 3.88. The van der Waals surface area contributed by atoms with Gasteiger partial charge in [0, 0.05) is 18.5 Å². The summed E-state index contributed by atoms with van der Waals surface area (Å²) in [6, 6.07) is 10.4. The first-order valence-corrected chi connectivity index (χ1v) is 8.24. The summed E-state index contributed by atoms with van der Waals surface area (Å²) < 4.78 is 32.9. The summed E-state index contributed by atoms with van der Waals surface area (Å²) in [5.74, 6) is -1.93. The number of hydrogen-bond donors (Lipinski definition) is 1. The van der Waals surface area contributed by atoms with Gasteiger partial charge in [0.25, 0.3) is 5.91 Å². The van der Waals surface area contributed by atoms with Crippen molar-refractivity contribution in [2.24, 2.45) is 0 Å². The third kappa shape index (κ3) is 3.78. The molecule has 0 unspecified atom stereocenters. The van der Waals surface area contributed by atoms with Crippen LogP contribution in [0.25, 0.3) is 11.5 Å². The number of anilines is 1. The monoisotopic (exact) mass is 381 g/mol. The summed E-state index contributed by atoms with van der Waals surface area (Å²) in [4.78, 5) is 16.5. The molecule has 1 N–H and O–H groups in total. The van der Waals surface area contributed by atoms with Crippen molar-refractivity contribution in [1.82, 2.24) is 19.9 Å². The van der Waals surface area contributed by atoms with Gasteiger partial charge in [-0.15, -0.1) is 0 Å². The van der Waals surface area contributed by atoms with Crippen LogP contribution in [0.3, 0.4) is 0 Å². The van der Waals surface area contributed by atoms with Crippen molar-refractivity contribution in [3.8, 4) is 11.5 Å². The first-order chi connectivity index (χ1) is 13.6. The third-order valence-electron chi connectivity index (χ3n) is 3.88. The topological polar surface area (TPSA) is 85.8 Å². The van der Waals surface area contributed by atoms with E-state index < -0.39 is 17.5 Å². The van der Waals surface area contributed by atoms with Crippen LogP contribution in [-0.4, -0.2) is 25.8 Å². The van der Waals surface area contributed by atoms with E-state index in [1.807, 2.05) is 0 Å². The molecule has 3 heterocycles. The molecule has 0 aliphatic carbocycles. The van der Waals surface area contributed by atoms with Crippen molar-refractivity contribution < 1.29 is 18.1 Å². The first kappa shape index (κ1) is 17.5. The lowest BCUT2D eigenvalue weighted by Gasteiger charge is -2.02. The van der Waals surface area contributed by atoms with Crippen LogP contribution in [0.5, 0.6) is 0 Å². The molecule has 0 aliphatic rings. The number of benzene rings is 1. The Balaban J connectivity index is 1.43. The van der Waals surface area contributed by atoms with E-state index in [1.165, 1.54) is 23.0 Å². The molecule has 9 heteroatoms. The van der Waals surface area contributed by atoms with Gasteiger partial charge in [0.2, 0.25) is 0 Å². The van der Waals surface area contributed by atoms with Crippen LogP contribution < -0.4 is 5.32 Å². The van der Waals surface area contributed by atoms with Gasteiger partial charge in [0.15, 0.2) is 23.1 Å². The lowest BCUT2D eigenvalue weighted by molar-refractivity contribution is 0.101. The maximum absolute atomic E-state index is 13.3. The van der Waals surface area contributed by atoms with E-state index in [2.05, 4.69) is 20.6 Å². The standard InChI is InChI=1S/C19H13F2N5O2/c20-14-5-4-12(7-15(14)21)10-26-11-13(9-23-26)24-19(27)17-8-18(28-25-17)16-3-1-2-6-22-16/h1-9,11H,10H2,(H,24,27). The molecule has 0 saturated carbocycles. The molecule has 0 fully saturated rings. The summed E-state index contributed by atoms with van der Waals surface area (Å²) in [6.45, 7) is 0.223. The summed E-state index contributed by atoms with van der Waals surface area (Å²) in [6.07, 6.45) is 4.62. The highest BCUT2D eigenvalue weighted by Gasteiger charge is 2.15. The Labute approximate surface area is 157 Å². The van der Waals surface area contributed by atoms with Crippen LogP contribution >= 0.6 is 0 Å². The van der Waals surface area contributed by atoms with Gasteiger partial charge < -0.3 is 9.84 Å². The highest BCUT2D eigenvalue weighted by atomic mass is 19.2. The predicted molar refractivity (Wildman–Crippen MR) is 95.4 cm³/mol. The molecule has 0 spiro atoms. The zero-order valence-electron chi connectivity index (χ0n) is 14.3. The molecule has 4 rings (SSSR count). The molecule has 0 aliphatic heterocycles. The number of amides is 1. The maximum Gasteiger partial charge on any atom is 0.277 e. The largest absolute Gasteiger partial charge is 0.354 e. The van der Waals surface area contributed by atoms with E-state index in [1.54, 1.807) is 30.6 Å². The molecule has 1 aromatic carbocycles. The second-order valence-electron chi connectivity index (χ2n) is 5.92. The minimum absolute atomic E-state index is 0.0917. The number of halogens is 2. The van der Waals surface area contributed by atoms with Crippen molar-refractivity contribution in [3.05, 3.63) is 83.9 Å². The molecule has 4 aromatic rings. The fourth-order valence-electron chi connectivity index (χ4n) is 2.55. The fourth-order valence-corrected chi connectivity index (χ4v) is 2.55. The van der Waals surface area contributed by atoms with Crippen LogP contribution in [0.1, 0.15) is 16.1 Å². The maximum atomic E-state index is 13.3. The Morgan fingerprint density at radius 2 is 2.04 bits per heavy atom. The smallest absolute Gasteiger partial charge is 0.277 e. The van der Waals surface area contributed by atoms with Crippen LogP contribution in [0.2, 0.25) is 0 Å². The van der Waals surface area contributed by atoms with Gasteiger partial charge in [-0.25, -0.2) is 8.78 Å². The number of hydrogen-bond acceptors (Lipinski definition) is 5. The lowest BCUT2D eigenvalue weighted by atomic mass is 10.2. The molecule has 0 radical (unpaired) electrons. The number of aromatic nitrogens is 4. The zero-order valence-corrected chi connectivity index (χ0v) is 14.3. The zero-order chi connectivity index (χ0) is 19.5. The SMILES string of the molecule is O=C(Nc1cnn(Cc2ccc(F)c(F)c2)c1)c1cc(-c2ccccn2)on1. The summed E-state index contributed by atoms with van der Waals surface area (Å²) in [5.41, 5.74) is 1.62. The van der Waals surface area contributed by atoms with Crippen molar-refractivity contribution >= 4 is 11.6 Å². The van der Waals surface area contributed by atoms with Crippen LogP contribution in [0.15, 0.2) is 65.6 Å². The molecule has 28 heavy (non-hydrogen) atoms. The average molecular weight is 381 g/mol. The summed E-state index contributed by atoms with van der Waals surface area (Å²) >= 11 is 0. The summed E-state index contributed by atoms with van der Waals surface area (Å²) in [5, 5.41) is 10.5. The number of pyridine rings is 1.